The zero-order chi connectivity index (χ0) is 16.3. The summed E-state index contributed by atoms with van der Waals surface area (Å²) in [5.41, 5.74) is 4.08. The van der Waals surface area contributed by atoms with E-state index in [1.807, 2.05) is 6.07 Å². The molecule has 0 aromatic heterocycles. The smallest absolute Gasteiger partial charge is 0.131 e. The Morgan fingerprint density at radius 2 is 1.73 bits per heavy atom. The fourth-order valence-corrected chi connectivity index (χ4v) is 2.65. The third-order valence-corrected chi connectivity index (χ3v) is 4.48. The first-order chi connectivity index (χ1) is 10.5. The number of ether oxygens (including phenoxy) is 1. The predicted molar refractivity (Wildman–Crippen MR) is 91.0 cm³/mol. The van der Waals surface area contributed by atoms with Crippen LogP contribution in [-0.4, -0.2) is 7.11 Å². The van der Waals surface area contributed by atoms with Crippen LogP contribution in [0.4, 0.5) is 4.39 Å². The number of hydrogen-bond acceptors (Lipinski definition) is 1. The molecule has 0 saturated carbocycles. The predicted octanol–water partition coefficient (Wildman–Crippen LogP) is 5.82. The summed E-state index contributed by atoms with van der Waals surface area (Å²) < 4.78 is 19.6. The second-order valence-corrected chi connectivity index (χ2v) is 6.15. The Balaban J connectivity index is 2.64. The quantitative estimate of drug-likeness (QED) is 0.675. The molecule has 1 atom stereocenters. The van der Waals surface area contributed by atoms with Gasteiger partial charge in [-0.05, 0) is 53.1 Å². The van der Waals surface area contributed by atoms with Crippen molar-refractivity contribution in [2.75, 3.05) is 7.11 Å². The molecular weight excluding hydrogens is 275 g/mol. The van der Waals surface area contributed by atoms with Crippen LogP contribution in [0.3, 0.4) is 0 Å². The molecule has 2 rings (SSSR count). The van der Waals surface area contributed by atoms with Crippen LogP contribution in [0.5, 0.6) is 5.75 Å². The van der Waals surface area contributed by atoms with Gasteiger partial charge in [0.2, 0.25) is 0 Å². The Bertz CT molecular complexity index is 646. The van der Waals surface area contributed by atoms with Crippen LogP contribution in [0.15, 0.2) is 36.4 Å². The SMILES string of the molecule is CCc1ccc(-c2cc(OC)ccc2F)c(C(C)C(C)C)c1. The van der Waals surface area contributed by atoms with Gasteiger partial charge in [0.15, 0.2) is 0 Å². The van der Waals surface area contributed by atoms with Crippen LogP contribution in [0.25, 0.3) is 11.1 Å². The minimum Gasteiger partial charge on any atom is -0.497 e. The Morgan fingerprint density at radius 1 is 1.00 bits per heavy atom. The Labute approximate surface area is 133 Å². The fourth-order valence-electron chi connectivity index (χ4n) is 2.65. The maximum Gasteiger partial charge on any atom is 0.131 e. The molecule has 0 N–H and O–H groups in total. The van der Waals surface area contributed by atoms with Crippen LogP contribution in [0.2, 0.25) is 0 Å². The Hall–Kier alpha value is -1.83. The molecule has 118 valence electrons. The van der Waals surface area contributed by atoms with Gasteiger partial charge in [-0.25, -0.2) is 4.39 Å². The van der Waals surface area contributed by atoms with Gasteiger partial charge < -0.3 is 4.74 Å². The maximum absolute atomic E-state index is 14.4. The third kappa shape index (κ3) is 3.32. The van der Waals surface area contributed by atoms with Crippen molar-refractivity contribution in [2.45, 2.75) is 40.0 Å². The zero-order valence-corrected chi connectivity index (χ0v) is 14.1. The molecule has 2 aromatic rings. The molecule has 0 aliphatic heterocycles. The molecule has 0 heterocycles. The van der Waals surface area contributed by atoms with E-state index in [0.717, 1.165) is 12.0 Å². The van der Waals surface area contributed by atoms with E-state index < -0.39 is 0 Å². The van der Waals surface area contributed by atoms with Crippen molar-refractivity contribution in [2.24, 2.45) is 5.92 Å². The lowest BCUT2D eigenvalue weighted by molar-refractivity contribution is 0.414. The Morgan fingerprint density at radius 3 is 2.32 bits per heavy atom. The van der Waals surface area contributed by atoms with Crippen LogP contribution in [0, 0.1) is 11.7 Å². The average molecular weight is 300 g/mol. The lowest BCUT2D eigenvalue weighted by Gasteiger charge is -2.21. The third-order valence-electron chi connectivity index (χ3n) is 4.48. The van der Waals surface area contributed by atoms with E-state index in [0.29, 0.717) is 23.1 Å². The van der Waals surface area contributed by atoms with Crippen molar-refractivity contribution >= 4 is 0 Å². The average Bonchev–Trinajstić information content (AvgIpc) is 2.54. The van der Waals surface area contributed by atoms with Gasteiger partial charge >= 0.3 is 0 Å². The summed E-state index contributed by atoms with van der Waals surface area (Å²) in [6.07, 6.45) is 0.985. The highest BCUT2D eigenvalue weighted by Gasteiger charge is 2.18. The summed E-state index contributed by atoms with van der Waals surface area (Å²) in [6, 6.07) is 11.3. The normalized spacial score (nSPS) is 12.5. The highest BCUT2D eigenvalue weighted by molar-refractivity contribution is 5.70. The lowest BCUT2D eigenvalue weighted by atomic mass is 9.84. The lowest BCUT2D eigenvalue weighted by Crippen LogP contribution is -2.05. The van der Waals surface area contributed by atoms with Crippen molar-refractivity contribution in [1.29, 1.82) is 0 Å². The monoisotopic (exact) mass is 300 g/mol. The van der Waals surface area contributed by atoms with E-state index in [4.69, 9.17) is 4.74 Å². The topological polar surface area (TPSA) is 9.23 Å². The van der Waals surface area contributed by atoms with Gasteiger partial charge in [0.1, 0.15) is 11.6 Å². The number of halogens is 1. The first-order valence-corrected chi connectivity index (χ1v) is 7.94. The molecule has 0 amide bonds. The van der Waals surface area contributed by atoms with Crippen LogP contribution in [-0.2, 0) is 6.42 Å². The summed E-state index contributed by atoms with van der Waals surface area (Å²) in [7, 11) is 1.61. The molecule has 1 unspecified atom stereocenters. The van der Waals surface area contributed by atoms with E-state index in [2.05, 4.69) is 39.8 Å². The molecular formula is C20H25FO. The van der Waals surface area contributed by atoms with Gasteiger partial charge in [0.05, 0.1) is 7.11 Å². The zero-order valence-electron chi connectivity index (χ0n) is 14.1. The maximum atomic E-state index is 14.4. The van der Waals surface area contributed by atoms with Crippen LogP contribution in [0.1, 0.15) is 44.7 Å². The molecule has 0 aliphatic rings. The van der Waals surface area contributed by atoms with Crippen molar-refractivity contribution in [3.05, 3.63) is 53.3 Å². The van der Waals surface area contributed by atoms with Gasteiger partial charge in [0, 0.05) is 5.56 Å². The summed E-state index contributed by atoms with van der Waals surface area (Å²) in [4.78, 5) is 0. The number of rotatable bonds is 5. The van der Waals surface area contributed by atoms with E-state index in [-0.39, 0.29) is 5.82 Å². The molecule has 2 heteroatoms. The molecule has 0 spiro atoms. The van der Waals surface area contributed by atoms with Crippen molar-refractivity contribution in [3.63, 3.8) is 0 Å². The highest BCUT2D eigenvalue weighted by Crippen LogP contribution is 2.36. The molecule has 0 fully saturated rings. The number of hydrogen-bond donors (Lipinski definition) is 0. The number of aryl methyl sites for hydroxylation is 1. The van der Waals surface area contributed by atoms with E-state index in [9.17, 15) is 4.39 Å². The van der Waals surface area contributed by atoms with Gasteiger partial charge in [-0.15, -0.1) is 0 Å². The minimum absolute atomic E-state index is 0.206. The second-order valence-electron chi connectivity index (χ2n) is 6.15. The van der Waals surface area contributed by atoms with E-state index in [1.165, 1.54) is 17.2 Å². The summed E-state index contributed by atoms with van der Waals surface area (Å²) >= 11 is 0. The van der Waals surface area contributed by atoms with Crippen molar-refractivity contribution in [1.82, 2.24) is 0 Å². The fraction of sp³-hybridized carbons (Fsp3) is 0.400. The largest absolute Gasteiger partial charge is 0.497 e. The van der Waals surface area contributed by atoms with Gasteiger partial charge in [0.25, 0.3) is 0 Å². The Kier molecular flexibility index (Phi) is 5.23. The van der Waals surface area contributed by atoms with Gasteiger partial charge in [-0.2, -0.15) is 0 Å². The van der Waals surface area contributed by atoms with E-state index in [1.54, 1.807) is 19.2 Å². The first-order valence-electron chi connectivity index (χ1n) is 7.94. The molecule has 1 nitrogen and oxygen atoms in total. The highest BCUT2D eigenvalue weighted by atomic mass is 19.1. The summed E-state index contributed by atoms with van der Waals surface area (Å²) in [5, 5.41) is 0. The minimum atomic E-state index is -0.206. The summed E-state index contributed by atoms with van der Waals surface area (Å²) in [5.74, 6) is 1.34. The van der Waals surface area contributed by atoms with Crippen molar-refractivity contribution in [3.8, 4) is 16.9 Å². The molecule has 0 bridgehead atoms. The number of methoxy groups -OCH3 is 1. The molecule has 2 aromatic carbocycles. The van der Waals surface area contributed by atoms with Crippen LogP contribution < -0.4 is 4.74 Å². The molecule has 0 radical (unpaired) electrons. The summed E-state index contributed by atoms with van der Waals surface area (Å²) in [6.45, 7) is 8.76. The first kappa shape index (κ1) is 16.5. The van der Waals surface area contributed by atoms with Crippen LogP contribution >= 0.6 is 0 Å². The molecule has 0 aliphatic carbocycles. The molecule has 0 saturated heterocycles. The molecule has 22 heavy (non-hydrogen) atoms. The second kappa shape index (κ2) is 6.95. The van der Waals surface area contributed by atoms with Crippen molar-refractivity contribution < 1.29 is 9.13 Å². The number of benzene rings is 2. The van der Waals surface area contributed by atoms with Gasteiger partial charge in [-0.1, -0.05) is 45.9 Å². The standard InChI is InChI=1S/C20H25FO/c1-6-15-7-9-17(18(11-15)14(4)13(2)3)19-12-16(22-5)8-10-20(19)21/h7-14H,6H2,1-5H3. The van der Waals surface area contributed by atoms with Gasteiger partial charge in [-0.3, -0.25) is 0 Å². The van der Waals surface area contributed by atoms with E-state index >= 15 is 0 Å².